The summed E-state index contributed by atoms with van der Waals surface area (Å²) >= 11 is 0. The second-order valence-electron chi connectivity index (χ2n) is 4.53. The summed E-state index contributed by atoms with van der Waals surface area (Å²) in [6, 6.07) is 0.750. The minimum absolute atomic E-state index is 0.0705. The third kappa shape index (κ3) is 1.95. The Morgan fingerprint density at radius 1 is 1.47 bits per heavy atom. The SMILES string of the molecule is CCCCON1C(=O)N2C[C@@H]1CC[C@H]2C. The van der Waals surface area contributed by atoms with E-state index in [9.17, 15) is 4.79 Å². The highest BCUT2D eigenvalue weighted by Gasteiger charge is 2.43. The molecule has 4 nitrogen and oxygen atoms in total. The molecule has 0 saturated carbocycles. The molecule has 0 aromatic rings. The molecular formula is C11H20N2O2. The summed E-state index contributed by atoms with van der Waals surface area (Å²) in [5.74, 6) is 0. The Balaban J connectivity index is 1.92. The topological polar surface area (TPSA) is 32.8 Å². The van der Waals surface area contributed by atoms with Crippen LogP contribution in [0.1, 0.15) is 39.5 Å². The van der Waals surface area contributed by atoms with Crippen LogP contribution in [0, 0.1) is 0 Å². The Morgan fingerprint density at radius 3 is 2.93 bits per heavy atom. The molecule has 2 heterocycles. The van der Waals surface area contributed by atoms with Crippen molar-refractivity contribution in [3.63, 3.8) is 0 Å². The maximum absolute atomic E-state index is 11.9. The van der Waals surface area contributed by atoms with Crippen LogP contribution in [-0.2, 0) is 4.84 Å². The Labute approximate surface area is 91.1 Å². The summed E-state index contributed by atoms with van der Waals surface area (Å²) in [4.78, 5) is 19.4. The molecule has 0 aliphatic carbocycles. The Bertz CT molecular complexity index is 245. The van der Waals surface area contributed by atoms with E-state index in [4.69, 9.17) is 4.84 Å². The van der Waals surface area contributed by atoms with Crippen molar-refractivity contribution < 1.29 is 9.63 Å². The second kappa shape index (κ2) is 4.39. The van der Waals surface area contributed by atoms with E-state index in [-0.39, 0.29) is 6.03 Å². The zero-order valence-corrected chi connectivity index (χ0v) is 9.61. The zero-order chi connectivity index (χ0) is 10.8. The third-order valence-electron chi connectivity index (χ3n) is 3.35. The molecule has 0 unspecified atom stereocenters. The summed E-state index contributed by atoms with van der Waals surface area (Å²) in [5.41, 5.74) is 0. The molecule has 2 amide bonds. The van der Waals surface area contributed by atoms with E-state index < -0.39 is 0 Å². The highest BCUT2D eigenvalue weighted by Crippen LogP contribution is 2.29. The van der Waals surface area contributed by atoms with Gasteiger partial charge in [-0.3, -0.25) is 4.84 Å². The van der Waals surface area contributed by atoms with Crippen LogP contribution in [0.4, 0.5) is 4.79 Å². The maximum Gasteiger partial charge on any atom is 0.344 e. The van der Waals surface area contributed by atoms with E-state index in [1.165, 1.54) is 0 Å². The summed E-state index contributed by atoms with van der Waals surface area (Å²) in [6.45, 7) is 5.76. The Kier molecular flexibility index (Phi) is 3.14. The normalized spacial score (nSPS) is 30.1. The van der Waals surface area contributed by atoms with Crippen molar-refractivity contribution in [1.82, 2.24) is 9.96 Å². The molecule has 0 N–H and O–H groups in total. The van der Waals surface area contributed by atoms with Crippen molar-refractivity contribution >= 4 is 6.03 Å². The molecule has 2 fully saturated rings. The molecule has 15 heavy (non-hydrogen) atoms. The minimum Gasteiger partial charge on any atom is -0.318 e. The van der Waals surface area contributed by atoms with E-state index in [0.29, 0.717) is 18.7 Å². The lowest BCUT2D eigenvalue weighted by Crippen LogP contribution is -2.37. The lowest BCUT2D eigenvalue weighted by atomic mass is 10.0. The summed E-state index contributed by atoms with van der Waals surface area (Å²) < 4.78 is 0. The van der Waals surface area contributed by atoms with Crippen molar-refractivity contribution in [3.8, 4) is 0 Å². The number of hydroxylamine groups is 2. The van der Waals surface area contributed by atoms with Crippen LogP contribution in [0.25, 0.3) is 0 Å². The first-order valence-electron chi connectivity index (χ1n) is 5.96. The molecule has 2 rings (SSSR count). The molecule has 2 aliphatic rings. The molecule has 2 aliphatic heterocycles. The fourth-order valence-corrected chi connectivity index (χ4v) is 2.30. The molecule has 4 heteroatoms. The number of unbranched alkanes of at least 4 members (excludes halogenated alkanes) is 1. The van der Waals surface area contributed by atoms with Gasteiger partial charge in [0.1, 0.15) is 0 Å². The van der Waals surface area contributed by atoms with E-state index in [2.05, 4.69) is 13.8 Å². The number of hydrogen-bond donors (Lipinski definition) is 0. The van der Waals surface area contributed by atoms with Crippen LogP contribution in [0.15, 0.2) is 0 Å². The molecular weight excluding hydrogens is 192 g/mol. The van der Waals surface area contributed by atoms with Crippen molar-refractivity contribution in [2.45, 2.75) is 51.6 Å². The number of fused-ring (bicyclic) bond motifs is 2. The van der Waals surface area contributed by atoms with Gasteiger partial charge in [0.15, 0.2) is 0 Å². The van der Waals surface area contributed by atoms with E-state index in [1.807, 2.05) is 4.90 Å². The highest BCUT2D eigenvalue weighted by molar-refractivity contribution is 5.76. The molecule has 0 spiro atoms. The predicted molar refractivity (Wildman–Crippen MR) is 57.3 cm³/mol. The smallest absolute Gasteiger partial charge is 0.318 e. The van der Waals surface area contributed by atoms with E-state index in [1.54, 1.807) is 5.06 Å². The first kappa shape index (κ1) is 10.7. The van der Waals surface area contributed by atoms with E-state index in [0.717, 1.165) is 32.2 Å². The number of hydrogen-bond acceptors (Lipinski definition) is 2. The number of amides is 2. The quantitative estimate of drug-likeness (QED) is 0.668. The first-order valence-corrected chi connectivity index (χ1v) is 5.96. The average molecular weight is 212 g/mol. The van der Waals surface area contributed by atoms with Crippen molar-refractivity contribution in [2.75, 3.05) is 13.2 Å². The van der Waals surface area contributed by atoms with Gasteiger partial charge in [0.2, 0.25) is 0 Å². The molecule has 0 aromatic heterocycles. The number of nitrogens with zero attached hydrogens (tertiary/aromatic N) is 2. The molecule has 86 valence electrons. The molecule has 0 aromatic carbocycles. The molecule has 0 radical (unpaired) electrons. The summed E-state index contributed by atoms with van der Waals surface area (Å²) in [5, 5.41) is 1.61. The molecule has 2 bridgehead atoms. The van der Waals surface area contributed by atoms with Crippen LogP contribution in [0.3, 0.4) is 0 Å². The lowest BCUT2D eigenvalue weighted by molar-refractivity contribution is -0.130. The average Bonchev–Trinajstić information content (AvgIpc) is 2.49. The number of urea groups is 1. The highest BCUT2D eigenvalue weighted by atomic mass is 16.7. The van der Waals surface area contributed by atoms with Gasteiger partial charge in [-0.05, 0) is 26.2 Å². The Morgan fingerprint density at radius 2 is 2.27 bits per heavy atom. The predicted octanol–water partition coefficient (Wildman–Crippen LogP) is 2.01. The zero-order valence-electron chi connectivity index (χ0n) is 9.61. The van der Waals surface area contributed by atoms with Crippen LogP contribution in [0.2, 0.25) is 0 Å². The maximum atomic E-state index is 11.9. The largest absolute Gasteiger partial charge is 0.344 e. The van der Waals surface area contributed by atoms with Crippen LogP contribution in [0.5, 0.6) is 0 Å². The van der Waals surface area contributed by atoms with Gasteiger partial charge in [-0.15, -0.1) is 0 Å². The van der Waals surface area contributed by atoms with Crippen molar-refractivity contribution in [3.05, 3.63) is 0 Å². The summed E-state index contributed by atoms with van der Waals surface area (Å²) in [6.07, 6.45) is 4.30. The lowest BCUT2D eigenvalue weighted by Gasteiger charge is -2.27. The fourth-order valence-electron chi connectivity index (χ4n) is 2.30. The second-order valence-corrected chi connectivity index (χ2v) is 4.53. The van der Waals surface area contributed by atoms with Gasteiger partial charge < -0.3 is 4.90 Å². The minimum atomic E-state index is 0.0705. The standard InChI is InChI=1S/C11H20N2O2/c1-3-4-7-15-13-10-6-5-9(2)12(8-10)11(13)14/h9-10H,3-8H2,1-2H3/t9-,10+/m1/s1. The summed E-state index contributed by atoms with van der Waals surface area (Å²) in [7, 11) is 0. The Hall–Kier alpha value is -0.770. The fraction of sp³-hybridized carbons (Fsp3) is 0.909. The first-order chi connectivity index (χ1) is 7.24. The van der Waals surface area contributed by atoms with E-state index >= 15 is 0 Å². The monoisotopic (exact) mass is 212 g/mol. The van der Waals surface area contributed by atoms with Gasteiger partial charge in [0.25, 0.3) is 0 Å². The van der Waals surface area contributed by atoms with Gasteiger partial charge in [-0.25, -0.2) is 4.79 Å². The van der Waals surface area contributed by atoms with Crippen LogP contribution in [-0.4, -0.2) is 41.2 Å². The number of rotatable bonds is 4. The number of carbonyl (C=O) groups is 1. The molecule has 2 atom stereocenters. The number of carbonyl (C=O) groups excluding carboxylic acids is 1. The van der Waals surface area contributed by atoms with Gasteiger partial charge in [-0.2, -0.15) is 5.06 Å². The van der Waals surface area contributed by atoms with Gasteiger partial charge in [0, 0.05) is 12.6 Å². The third-order valence-corrected chi connectivity index (χ3v) is 3.35. The van der Waals surface area contributed by atoms with Gasteiger partial charge in [0.05, 0.1) is 12.6 Å². The number of piperidine rings is 1. The van der Waals surface area contributed by atoms with Crippen LogP contribution < -0.4 is 0 Å². The van der Waals surface area contributed by atoms with Gasteiger partial charge in [-0.1, -0.05) is 13.3 Å². The van der Waals surface area contributed by atoms with Crippen molar-refractivity contribution in [1.29, 1.82) is 0 Å². The van der Waals surface area contributed by atoms with Crippen molar-refractivity contribution in [2.24, 2.45) is 0 Å². The van der Waals surface area contributed by atoms with Crippen LogP contribution >= 0.6 is 0 Å². The van der Waals surface area contributed by atoms with Gasteiger partial charge >= 0.3 is 6.03 Å². The molecule has 2 saturated heterocycles.